The molecule has 8 nitrogen and oxygen atoms in total. The molecule has 1 saturated heterocycles. The molecule has 0 radical (unpaired) electrons. The molecule has 5 rings (SSSR count). The van der Waals surface area contributed by atoms with E-state index in [-0.39, 0.29) is 48.5 Å². The van der Waals surface area contributed by atoms with E-state index in [1.54, 1.807) is 54.3 Å². The number of carboxylic acids is 1. The van der Waals surface area contributed by atoms with Crippen molar-refractivity contribution >= 4 is 56.5 Å². The van der Waals surface area contributed by atoms with Crippen LogP contribution < -0.4 is 4.31 Å². The van der Waals surface area contributed by atoms with E-state index in [1.807, 2.05) is 30.3 Å². The predicted molar refractivity (Wildman–Crippen MR) is 172 cm³/mol. The molecule has 2 fully saturated rings. The molecule has 3 aromatic rings. The first-order valence-electron chi connectivity index (χ1n) is 14.3. The molecule has 2 aliphatic rings. The Labute approximate surface area is 268 Å². The van der Waals surface area contributed by atoms with Crippen molar-refractivity contribution in [1.29, 1.82) is 0 Å². The summed E-state index contributed by atoms with van der Waals surface area (Å²) in [6, 6.07) is 19.9. The van der Waals surface area contributed by atoms with Crippen LogP contribution >= 0.6 is 23.2 Å². The predicted octanol–water partition coefficient (Wildman–Crippen LogP) is 7.33. The summed E-state index contributed by atoms with van der Waals surface area (Å²) in [5.74, 6) is -1.82. The van der Waals surface area contributed by atoms with Gasteiger partial charge in [0.15, 0.2) is 0 Å². The number of anilines is 1. The van der Waals surface area contributed by atoms with E-state index in [2.05, 4.69) is 4.85 Å². The highest BCUT2D eigenvalue weighted by Crippen LogP contribution is 2.54. The Morgan fingerprint density at radius 3 is 2.34 bits per heavy atom. The smallest absolute Gasteiger partial charge is 0.304 e. The minimum Gasteiger partial charge on any atom is -0.481 e. The van der Waals surface area contributed by atoms with Crippen LogP contribution in [0.3, 0.4) is 0 Å². The molecule has 1 amide bonds. The van der Waals surface area contributed by atoms with Crippen LogP contribution in [0.15, 0.2) is 72.8 Å². The zero-order valence-electron chi connectivity index (χ0n) is 24.4. The summed E-state index contributed by atoms with van der Waals surface area (Å²) >= 11 is 12.7. The van der Waals surface area contributed by atoms with Gasteiger partial charge < -0.3 is 10.0 Å². The lowest BCUT2D eigenvalue weighted by atomic mass is 9.67. The second-order valence-corrected chi connectivity index (χ2v) is 14.8. The Hall–Kier alpha value is -3.58. The fourth-order valence-electron chi connectivity index (χ4n) is 6.54. The lowest BCUT2D eigenvalue weighted by Gasteiger charge is -2.52. The number of likely N-dealkylation sites (tertiary alicyclic amines) is 1. The van der Waals surface area contributed by atoms with Gasteiger partial charge in [-0.05, 0) is 66.6 Å². The van der Waals surface area contributed by atoms with Gasteiger partial charge >= 0.3 is 5.97 Å². The van der Waals surface area contributed by atoms with Gasteiger partial charge in [-0.2, -0.15) is 0 Å². The number of piperidine rings is 1. The van der Waals surface area contributed by atoms with Gasteiger partial charge in [0.2, 0.25) is 21.6 Å². The van der Waals surface area contributed by atoms with Gasteiger partial charge in [-0.15, -0.1) is 0 Å². The third-order valence-electron chi connectivity index (χ3n) is 8.68. The number of carbonyl (C=O) groups is 2. The molecule has 0 unspecified atom stereocenters. The van der Waals surface area contributed by atoms with Crippen LogP contribution in [0.4, 0.5) is 11.4 Å². The maximum absolute atomic E-state index is 14.7. The number of halogens is 2. The molecule has 4 atom stereocenters. The highest BCUT2D eigenvalue weighted by atomic mass is 35.5. The molecule has 230 valence electrons. The molecule has 1 saturated carbocycles. The van der Waals surface area contributed by atoms with Crippen LogP contribution in [0.2, 0.25) is 10.0 Å². The van der Waals surface area contributed by atoms with Crippen molar-refractivity contribution in [3.8, 4) is 0 Å². The normalized spacial score (nSPS) is 22.7. The van der Waals surface area contributed by atoms with E-state index in [0.717, 1.165) is 30.2 Å². The molecule has 1 aliphatic heterocycles. The molecule has 11 heteroatoms. The van der Waals surface area contributed by atoms with Crippen molar-refractivity contribution < 1.29 is 23.1 Å². The average molecular weight is 655 g/mol. The molecule has 44 heavy (non-hydrogen) atoms. The monoisotopic (exact) mass is 653 g/mol. The number of hydrogen-bond acceptors (Lipinski definition) is 4. The van der Waals surface area contributed by atoms with Crippen molar-refractivity contribution in [2.75, 3.05) is 17.1 Å². The van der Waals surface area contributed by atoms with Gasteiger partial charge in [0, 0.05) is 16.0 Å². The van der Waals surface area contributed by atoms with Gasteiger partial charge in [0.25, 0.3) is 0 Å². The Morgan fingerprint density at radius 1 is 1.07 bits per heavy atom. The maximum atomic E-state index is 14.7. The van der Waals surface area contributed by atoms with Crippen LogP contribution in [0.5, 0.6) is 0 Å². The molecule has 0 aromatic heterocycles. The number of hydrogen-bond donors (Lipinski definition) is 1. The number of carboxylic acid groups (broad SMARTS) is 1. The van der Waals surface area contributed by atoms with Crippen molar-refractivity contribution in [2.24, 2.45) is 11.3 Å². The molecular weight excluding hydrogens is 621 g/mol. The number of para-hydroxylation sites is 2. The van der Waals surface area contributed by atoms with Gasteiger partial charge in [-0.3, -0.25) is 13.9 Å². The van der Waals surface area contributed by atoms with Gasteiger partial charge in [-0.25, -0.2) is 13.3 Å². The Bertz CT molecular complexity index is 1720. The van der Waals surface area contributed by atoms with Crippen molar-refractivity contribution in [2.45, 2.75) is 50.6 Å². The molecule has 3 aromatic carbocycles. The number of benzene rings is 3. The molecule has 1 N–H and O–H groups in total. The summed E-state index contributed by atoms with van der Waals surface area (Å²) in [6.07, 6.45) is 2.51. The van der Waals surface area contributed by atoms with Gasteiger partial charge in [0.05, 0.1) is 49.0 Å². The molecular formula is C33H33Cl2N3O5S. The number of carbonyl (C=O) groups excluding carboxylic acids is 1. The highest BCUT2D eigenvalue weighted by molar-refractivity contribution is 7.92. The summed E-state index contributed by atoms with van der Waals surface area (Å²) in [6.45, 7) is 9.26. The van der Waals surface area contributed by atoms with E-state index in [1.165, 1.54) is 4.31 Å². The number of nitrogens with zero attached hydrogens (tertiary/aromatic N) is 3. The number of sulfonamides is 1. The van der Waals surface area contributed by atoms with Gasteiger partial charge in [0.1, 0.15) is 0 Å². The Balaban J connectivity index is 1.72. The zero-order chi connectivity index (χ0) is 31.8. The van der Waals surface area contributed by atoms with Crippen molar-refractivity contribution in [3.63, 3.8) is 0 Å². The summed E-state index contributed by atoms with van der Waals surface area (Å²) in [7, 11) is -3.89. The fraction of sp³-hybridized carbons (Fsp3) is 0.364. The van der Waals surface area contributed by atoms with Crippen LogP contribution in [0.1, 0.15) is 55.7 Å². The van der Waals surface area contributed by atoms with Crippen LogP contribution in [0.25, 0.3) is 4.85 Å². The average Bonchev–Trinajstić information content (AvgIpc) is 3.80. The summed E-state index contributed by atoms with van der Waals surface area (Å²) < 4.78 is 27.9. The second-order valence-electron chi connectivity index (χ2n) is 12.0. The second kappa shape index (κ2) is 12.4. The first kappa shape index (κ1) is 31.8. The van der Waals surface area contributed by atoms with Crippen LogP contribution in [-0.2, 0) is 19.6 Å². The molecule has 0 bridgehead atoms. The van der Waals surface area contributed by atoms with E-state index in [9.17, 15) is 23.1 Å². The number of rotatable bonds is 10. The van der Waals surface area contributed by atoms with Gasteiger partial charge in [-0.1, -0.05) is 72.6 Å². The summed E-state index contributed by atoms with van der Waals surface area (Å²) in [4.78, 5) is 32.2. The third kappa shape index (κ3) is 6.58. The van der Waals surface area contributed by atoms with E-state index in [0.29, 0.717) is 10.0 Å². The quantitative estimate of drug-likeness (QED) is 0.231. The zero-order valence-corrected chi connectivity index (χ0v) is 26.7. The maximum Gasteiger partial charge on any atom is 0.304 e. The van der Waals surface area contributed by atoms with E-state index < -0.39 is 33.5 Å². The number of aliphatic carboxylic acids is 1. The first-order valence-corrected chi connectivity index (χ1v) is 16.9. The van der Waals surface area contributed by atoms with E-state index in [4.69, 9.17) is 29.8 Å². The molecule has 1 heterocycles. The van der Waals surface area contributed by atoms with Crippen molar-refractivity contribution in [1.82, 2.24) is 4.90 Å². The molecule has 0 spiro atoms. The minimum atomic E-state index is -3.89. The Kier molecular flexibility index (Phi) is 8.99. The SMILES string of the molecule is [C-]#[N+]c1ccccc1N(C[C@H](C1CC1)N1C(=O)[C@@](C)(CC(=O)O)C[C@H](c2cccc(Cl)c2)[C@H]1c1ccc(Cl)cc1)S(C)(=O)=O. The third-order valence-corrected chi connectivity index (χ3v) is 10.3. The Morgan fingerprint density at radius 2 is 1.75 bits per heavy atom. The first-order chi connectivity index (χ1) is 20.8. The van der Waals surface area contributed by atoms with Crippen LogP contribution in [0, 0.1) is 17.9 Å². The van der Waals surface area contributed by atoms with Crippen LogP contribution in [-0.4, -0.2) is 49.1 Å². The van der Waals surface area contributed by atoms with E-state index >= 15 is 0 Å². The minimum absolute atomic E-state index is 0.0229. The lowest BCUT2D eigenvalue weighted by Crippen LogP contribution is -2.59. The summed E-state index contributed by atoms with van der Waals surface area (Å²) in [5.41, 5.74) is 0.781. The topological polar surface area (TPSA) is 99.3 Å². The standard InChI is InChI=1S/C33H33Cl2N3O5S/c1-33(19-30(39)40)18-26(23-7-6-8-25(35)17-23)31(22-13-15-24(34)16-14-22)38(32(33)41)29(21-11-12-21)20-37(44(3,42)43)28-10-5-4-9-27(28)36-2/h4-10,13-17,21,26,29,31H,11-12,18-20H2,1,3H3,(H,39,40)/t26-,29-,31-,33-/m1/s1. The largest absolute Gasteiger partial charge is 0.481 e. The molecule has 1 aliphatic carbocycles. The van der Waals surface area contributed by atoms with Crippen molar-refractivity contribution in [3.05, 3.63) is 105 Å². The summed E-state index contributed by atoms with van der Waals surface area (Å²) in [5, 5.41) is 11.0. The number of amides is 1. The highest BCUT2D eigenvalue weighted by Gasteiger charge is 2.55. The lowest BCUT2D eigenvalue weighted by molar-refractivity contribution is -0.160. The fourth-order valence-corrected chi connectivity index (χ4v) is 7.80.